The molecule has 4 heteroatoms. The van der Waals surface area contributed by atoms with Crippen LogP contribution in [0.4, 0.5) is 0 Å². The van der Waals surface area contributed by atoms with Gasteiger partial charge in [-0.05, 0) is 25.1 Å². The van der Waals surface area contributed by atoms with Crippen molar-refractivity contribution in [1.29, 1.82) is 0 Å². The van der Waals surface area contributed by atoms with E-state index in [9.17, 15) is 4.79 Å². The summed E-state index contributed by atoms with van der Waals surface area (Å²) in [5.41, 5.74) is 0. The Balaban J connectivity index is 2.57. The fourth-order valence-corrected chi connectivity index (χ4v) is 2.85. The maximum atomic E-state index is 11.2. The van der Waals surface area contributed by atoms with Gasteiger partial charge in [0, 0.05) is 6.54 Å². The first kappa shape index (κ1) is 12.7. The summed E-state index contributed by atoms with van der Waals surface area (Å²) in [7, 11) is -1.72. The number of hydrogen-bond acceptors (Lipinski definition) is 2. The van der Waals surface area contributed by atoms with Crippen molar-refractivity contribution < 1.29 is 9.22 Å². The van der Waals surface area contributed by atoms with Gasteiger partial charge in [-0.2, -0.15) is 0 Å². The highest BCUT2D eigenvalue weighted by atomic mass is 28.4. The number of hydrogen-bond donors (Lipinski definition) is 1. The monoisotopic (exact) mass is 229 g/mol. The van der Waals surface area contributed by atoms with E-state index in [1.165, 1.54) is 0 Å². The first-order valence-electron chi connectivity index (χ1n) is 5.61. The van der Waals surface area contributed by atoms with Gasteiger partial charge >= 0.3 is 0 Å². The third-order valence-electron chi connectivity index (χ3n) is 3.69. The van der Waals surface area contributed by atoms with Gasteiger partial charge < -0.3 is 9.74 Å². The summed E-state index contributed by atoms with van der Waals surface area (Å²) >= 11 is 0. The third-order valence-corrected chi connectivity index (χ3v) is 8.26. The molecule has 1 rings (SSSR count). The van der Waals surface area contributed by atoms with Crippen LogP contribution in [0.5, 0.6) is 0 Å². The first-order chi connectivity index (χ1) is 6.65. The van der Waals surface area contributed by atoms with E-state index in [2.05, 4.69) is 39.2 Å². The fraction of sp³-hybridized carbons (Fsp3) is 0.909. The molecule has 1 aliphatic rings. The standard InChI is InChI=1S/C11H23NO2Si/c1-8(9-7-12-10(9)13)14-15(5,6)11(2,3)4/h8-9H,7H2,1-6H3,(H,12,13)/t8-,9+/m0/s1. The summed E-state index contributed by atoms with van der Waals surface area (Å²) in [6.45, 7) is 13.9. The van der Waals surface area contributed by atoms with Gasteiger partial charge in [0.15, 0.2) is 8.32 Å². The van der Waals surface area contributed by atoms with Gasteiger partial charge in [0.25, 0.3) is 0 Å². The molecule has 1 N–H and O–H groups in total. The molecule has 1 aliphatic heterocycles. The minimum Gasteiger partial charge on any atom is -0.413 e. The van der Waals surface area contributed by atoms with Gasteiger partial charge in [-0.25, -0.2) is 0 Å². The van der Waals surface area contributed by atoms with Crippen LogP contribution >= 0.6 is 0 Å². The smallest absolute Gasteiger partial charge is 0.227 e. The van der Waals surface area contributed by atoms with Crippen LogP contribution in [0.25, 0.3) is 0 Å². The lowest BCUT2D eigenvalue weighted by Crippen LogP contribution is -2.56. The van der Waals surface area contributed by atoms with Crippen molar-refractivity contribution in [3.8, 4) is 0 Å². The van der Waals surface area contributed by atoms with Crippen LogP contribution in [0.2, 0.25) is 18.1 Å². The summed E-state index contributed by atoms with van der Waals surface area (Å²) in [5.74, 6) is 0.209. The molecule has 0 radical (unpaired) electrons. The summed E-state index contributed by atoms with van der Waals surface area (Å²) in [4.78, 5) is 11.2. The van der Waals surface area contributed by atoms with Crippen molar-refractivity contribution in [3.05, 3.63) is 0 Å². The molecule has 1 amide bonds. The Morgan fingerprint density at radius 3 is 2.27 bits per heavy atom. The van der Waals surface area contributed by atoms with Gasteiger partial charge in [-0.1, -0.05) is 20.8 Å². The molecule has 0 spiro atoms. The van der Waals surface area contributed by atoms with Crippen LogP contribution in [-0.4, -0.2) is 26.9 Å². The number of nitrogens with one attached hydrogen (secondary N) is 1. The maximum absolute atomic E-state index is 11.2. The molecular weight excluding hydrogens is 206 g/mol. The SMILES string of the molecule is C[C@H](O[Si](C)(C)C(C)(C)C)[C@H]1CNC1=O. The zero-order chi connectivity index (χ0) is 11.9. The quantitative estimate of drug-likeness (QED) is 0.595. The van der Waals surface area contributed by atoms with Gasteiger partial charge in [0.2, 0.25) is 5.91 Å². The van der Waals surface area contributed by atoms with Gasteiger partial charge in [0.05, 0.1) is 12.0 Å². The molecule has 0 bridgehead atoms. The van der Waals surface area contributed by atoms with E-state index < -0.39 is 8.32 Å². The largest absolute Gasteiger partial charge is 0.413 e. The average Bonchev–Trinajstić information content (AvgIpc) is 1.98. The van der Waals surface area contributed by atoms with Crippen molar-refractivity contribution in [1.82, 2.24) is 5.32 Å². The number of amides is 1. The van der Waals surface area contributed by atoms with Gasteiger partial charge in [0.1, 0.15) is 0 Å². The van der Waals surface area contributed by atoms with Crippen LogP contribution in [0, 0.1) is 5.92 Å². The summed E-state index contributed by atoms with van der Waals surface area (Å²) < 4.78 is 6.15. The van der Waals surface area contributed by atoms with E-state index in [0.717, 1.165) is 6.54 Å². The Morgan fingerprint density at radius 1 is 1.47 bits per heavy atom. The van der Waals surface area contributed by atoms with E-state index in [1.54, 1.807) is 0 Å². The highest BCUT2D eigenvalue weighted by Crippen LogP contribution is 2.38. The second kappa shape index (κ2) is 3.90. The van der Waals surface area contributed by atoms with Crippen molar-refractivity contribution in [2.45, 2.75) is 51.9 Å². The molecule has 88 valence electrons. The number of β-lactam (4-membered cyclic amide) rings is 1. The van der Waals surface area contributed by atoms with Crippen LogP contribution in [0.1, 0.15) is 27.7 Å². The molecule has 0 aromatic heterocycles. The van der Waals surface area contributed by atoms with Crippen molar-refractivity contribution in [2.24, 2.45) is 5.92 Å². The molecule has 0 aromatic rings. The molecule has 1 saturated heterocycles. The minimum absolute atomic E-state index is 0.0552. The zero-order valence-electron chi connectivity index (χ0n) is 10.7. The summed E-state index contributed by atoms with van der Waals surface area (Å²) in [6, 6.07) is 0. The van der Waals surface area contributed by atoms with Crippen LogP contribution in [-0.2, 0) is 9.22 Å². The van der Waals surface area contributed by atoms with E-state index in [-0.39, 0.29) is 23.0 Å². The molecule has 1 heterocycles. The Kier molecular flexibility index (Phi) is 3.31. The van der Waals surface area contributed by atoms with Crippen molar-refractivity contribution in [2.75, 3.05) is 6.54 Å². The maximum Gasteiger partial charge on any atom is 0.227 e. The Hall–Kier alpha value is -0.353. The summed E-state index contributed by atoms with van der Waals surface area (Å²) in [5, 5.41) is 2.97. The molecular formula is C11H23NO2Si. The first-order valence-corrected chi connectivity index (χ1v) is 8.51. The van der Waals surface area contributed by atoms with Crippen LogP contribution in [0.3, 0.4) is 0 Å². The lowest BCUT2D eigenvalue weighted by Gasteiger charge is -2.41. The third kappa shape index (κ3) is 2.61. The predicted molar refractivity (Wildman–Crippen MR) is 64.2 cm³/mol. The molecule has 15 heavy (non-hydrogen) atoms. The Morgan fingerprint density at radius 2 is 2.00 bits per heavy atom. The van der Waals surface area contributed by atoms with E-state index in [4.69, 9.17) is 4.43 Å². The molecule has 2 atom stereocenters. The summed E-state index contributed by atoms with van der Waals surface area (Å²) in [6.07, 6.45) is 0.0552. The van der Waals surface area contributed by atoms with Crippen molar-refractivity contribution in [3.63, 3.8) is 0 Å². The van der Waals surface area contributed by atoms with Crippen LogP contribution in [0.15, 0.2) is 0 Å². The normalized spacial score (nSPS) is 24.4. The second-order valence-corrected chi connectivity index (χ2v) is 10.7. The fourth-order valence-electron chi connectivity index (χ4n) is 1.41. The minimum atomic E-state index is -1.72. The lowest BCUT2D eigenvalue weighted by atomic mass is 9.97. The molecule has 0 aliphatic carbocycles. The Labute approximate surface area is 93.7 Å². The van der Waals surface area contributed by atoms with Crippen LogP contribution < -0.4 is 5.32 Å². The lowest BCUT2D eigenvalue weighted by molar-refractivity contribution is -0.135. The number of carbonyl (C=O) groups excluding carboxylic acids is 1. The zero-order valence-corrected chi connectivity index (χ0v) is 11.7. The number of rotatable bonds is 3. The average molecular weight is 229 g/mol. The predicted octanol–water partition coefficient (Wildman–Crippen LogP) is 2.14. The topological polar surface area (TPSA) is 38.3 Å². The highest BCUT2D eigenvalue weighted by Gasteiger charge is 2.42. The van der Waals surface area contributed by atoms with Gasteiger partial charge in [-0.3, -0.25) is 4.79 Å². The molecule has 1 fully saturated rings. The van der Waals surface area contributed by atoms with E-state index >= 15 is 0 Å². The highest BCUT2D eigenvalue weighted by molar-refractivity contribution is 6.74. The number of carbonyl (C=O) groups is 1. The second-order valence-electron chi connectivity index (χ2n) is 5.93. The molecule has 0 saturated carbocycles. The molecule has 0 unspecified atom stereocenters. The van der Waals surface area contributed by atoms with E-state index in [0.29, 0.717) is 0 Å². The Bertz CT molecular complexity index is 258. The van der Waals surface area contributed by atoms with Gasteiger partial charge in [-0.15, -0.1) is 0 Å². The molecule has 0 aromatic carbocycles. The van der Waals surface area contributed by atoms with E-state index in [1.807, 2.05) is 6.92 Å². The molecule has 3 nitrogen and oxygen atoms in total. The van der Waals surface area contributed by atoms with Crippen molar-refractivity contribution >= 4 is 14.2 Å².